The molecule has 35 heavy (non-hydrogen) atoms. The first-order valence-corrected chi connectivity index (χ1v) is 12.5. The number of aromatic nitrogens is 1. The minimum atomic E-state index is -3.91. The van der Waals surface area contributed by atoms with Crippen molar-refractivity contribution in [1.29, 1.82) is 5.41 Å². The van der Waals surface area contributed by atoms with Crippen LogP contribution in [0.3, 0.4) is 0 Å². The minimum absolute atomic E-state index is 0.0312. The fourth-order valence-corrected chi connectivity index (χ4v) is 5.22. The van der Waals surface area contributed by atoms with Gasteiger partial charge in [0.1, 0.15) is 11.5 Å². The number of amides is 1. The number of phenols is 1. The van der Waals surface area contributed by atoms with Crippen molar-refractivity contribution < 1.29 is 27.5 Å². The van der Waals surface area contributed by atoms with Crippen LogP contribution in [0.2, 0.25) is 0 Å². The maximum atomic E-state index is 13.2. The van der Waals surface area contributed by atoms with Crippen LogP contribution in [0.4, 0.5) is 0 Å². The highest BCUT2D eigenvalue weighted by Gasteiger charge is 2.32. The summed E-state index contributed by atoms with van der Waals surface area (Å²) >= 11 is 0. The number of morpholine rings is 1. The van der Waals surface area contributed by atoms with Crippen LogP contribution in [-0.2, 0) is 14.8 Å². The minimum Gasteiger partial charge on any atom is -0.508 e. The van der Waals surface area contributed by atoms with Crippen LogP contribution in [0.5, 0.6) is 5.75 Å². The third-order valence-electron chi connectivity index (χ3n) is 5.74. The summed E-state index contributed by atoms with van der Waals surface area (Å²) in [5, 5.41) is 21.4. The summed E-state index contributed by atoms with van der Waals surface area (Å²) < 4.78 is 37.8. The van der Waals surface area contributed by atoms with Gasteiger partial charge < -0.3 is 25.0 Å². The van der Waals surface area contributed by atoms with Crippen molar-refractivity contribution in [3.8, 4) is 5.75 Å². The maximum absolute atomic E-state index is 13.2. The number of sulfonamides is 1. The number of para-hydroxylation sites is 1. The summed E-state index contributed by atoms with van der Waals surface area (Å²) in [4.78, 5) is 17.3. The van der Waals surface area contributed by atoms with Gasteiger partial charge in [0.05, 0.1) is 24.8 Å². The molecule has 11 heteroatoms. The standard InChI is InChI=1S/C24H26N4O6S/c1-16-19(13-23(34-16)35(31,32)28-9-11-33-12-10-28)24(30)27-21(18-6-2-3-7-22(18)29)14-20(25)17-5-4-8-26-15-17/h2-8,13,15,21,25,29H,9-12,14H2,1H3,(H,27,30). The first kappa shape index (κ1) is 24.6. The molecule has 2 aromatic heterocycles. The van der Waals surface area contributed by atoms with E-state index >= 15 is 0 Å². The van der Waals surface area contributed by atoms with E-state index in [1.54, 1.807) is 42.7 Å². The molecule has 1 unspecified atom stereocenters. The molecule has 1 aliphatic rings. The third-order valence-corrected chi connectivity index (χ3v) is 7.49. The molecule has 1 saturated heterocycles. The monoisotopic (exact) mass is 498 g/mol. The zero-order chi connectivity index (χ0) is 25.0. The zero-order valence-corrected chi connectivity index (χ0v) is 19.9. The first-order chi connectivity index (χ1) is 16.8. The highest BCUT2D eigenvalue weighted by molar-refractivity contribution is 7.89. The molecule has 4 rings (SSSR count). The van der Waals surface area contributed by atoms with Gasteiger partial charge in [0.2, 0.25) is 5.09 Å². The van der Waals surface area contributed by atoms with Gasteiger partial charge in [0, 0.05) is 54.8 Å². The topological polar surface area (TPSA) is 146 Å². The summed E-state index contributed by atoms with van der Waals surface area (Å²) in [6.45, 7) is 2.50. The Balaban J connectivity index is 1.59. The van der Waals surface area contributed by atoms with Gasteiger partial charge in [0.15, 0.2) is 0 Å². The van der Waals surface area contributed by atoms with Crippen LogP contribution in [0.15, 0.2) is 64.4 Å². The largest absolute Gasteiger partial charge is 0.508 e. The number of carbonyl (C=O) groups excluding carboxylic acids is 1. The molecular weight excluding hydrogens is 472 g/mol. The Morgan fingerprint density at radius 1 is 1.23 bits per heavy atom. The maximum Gasteiger partial charge on any atom is 0.276 e. The van der Waals surface area contributed by atoms with Gasteiger partial charge >= 0.3 is 0 Å². The van der Waals surface area contributed by atoms with Crippen LogP contribution >= 0.6 is 0 Å². The van der Waals surface area contributed by atoms with Crippen molar-refractivity contribution in [3.63, 3.8) is 0 Å². The van der Waals surface area contributed by atoms with E-state index in [4.69, 9.17) is 14.6 Å². The summed E-state index contributed by atoms with van der Waals surface area (Å²) in [6, 6.07) is 10.4. The van der Waals surface area contributed by atoms with E-state index in [0.29, 0.717) is 11.1 Å². The quantitative estimate of drug-likeness (QED) is 0.405. The molecular formula is C24H26N4O6S. The SMILES string of the molecule is Cc1oc(S(=O)(=O)N2CCOCC2)cc1C(=O)NC(CC(=N)c1cccnc1)c1ccccc1O. The molecule has 0 bridgehead atoms. The Labute approximate surface area is 203 Å². The Bertz CT molecular complexity index is 1320. The van der Waals surface area contributed by atoms with E-state index < -0.39 is 22.0 Å². The van der Waals surface area contributed by atoms with E-state index in [9.17, 15) is 18.3 Å². The summed E-state index contributed by atoms with van der Waals surface area (Å²) in [6.07, 6.45) is 3.23. The molecule has 0 radical (unpaired) electrons. The normalized spacial score (nSPS) is 15.5. The number of pyridine rings is 1. The Hall–Kier alpha value is -3.54. The fourth-order valence-electron chi connectivity index (χ4n) is 3.84. The van der Waals surface area contributed by atoms with Gasteiger partial charge in [0.25, 0.3) is 15.9 Å². The second kappa shape index (κ2) is 10.4. The van der Waals surface area contributed by atoms with E-state index in [2.05, 4.69) is 10.3 Å². The molecule has 3 N–H and O–H groups in total. The Morgan fingerprint density at radius 3 is 2.66 bits per heavy atom. The van der Waals surface area contributed by atoms with E-state index in [-0.39, 0.29) is 60.6 Å². The molecule has 10 nitrogen and oxygen atoms in total. The second-order valence-electron chi connectivity index (χ2n) is 8.06. The van der Waals surface area contributed by atoms with E-state index in [1.807, 2.05) is 0 Å². The number of nitrogens with zero attached hydrogens (tertiary/aromatic N) is 2. The summed E-state index contributed by atoms with van der Waals surface area (Å²) in [5.41, 5.74) is 1.29. The van der Waals surface area contributed by atoms with Gasteiger partial charge in [-0.1, -0.05) is 24.3 Å². The van der Waals surface area contributed by atoms with Gasteiger partial charge in [-0.05, 0) is 19.1 Å². The van der Waals surface area contributed by atoms with Crippen molar-refractivity contribution in [2.45, 2.75) is 24.5 Å². The van der Waals surface area contributed by atoms with Crippen LogP contribution in [0.25, 0.3) is 0 Å². The number of carbonyl (C=O) groups is 1. The zero-order valence-electron chi connectivity index (χ0n) is 19.1. The molecule has 1 atom stereocenters. The number of benzene rings is 1. The van der Waals surface area contributed by atoms with Crippen molar-refractivity contribution in [2.24, 2.45) is 0 Å². The summed E-state index contributed by atoms with van der Waals surface area (Å²) in [5.74, 6) is -0.467. The number of hydrogen-bond donors (Lipinski definition) is 3. The predicted octanol–water partition coefficient (Wildman–Crippen LogP) is 2.64. The van der Waals surface area contributed by atoms with Gasteiger partial charge in [-0.25, -0.2) is 8.42 Å². The molecule has 0 spiro atoms. The number of ether oxygens (including phenoxy) is 1. The molecule has 184 valence electrons. The molecule has 3 aromatic rings. The fraction of sp³-hybridized carbons (Fsp3) is 0.292. The number of furan rings is 1. The number of aryl methyl sites for hydroxylation is 1. The number of phenolic OH excluding ortho intramolecular Hbond substituents is 1. The number of hydrogen-bond acceptors (Lipinski definition) is 8. The lowest BCUT2D eigenvalue weighted by atomic mass is 9.97. The second-order valence-corrected chi connectivity index (χ2v) is 9.93. The number of nitrogens with one attached hydrogen (secondary N) is 2. The van der Waals surface area contributed by atoms with Crippen LogP contribution in [-0.4, -0.2) is 60.7 Å². The molecule has 1 amide bonds. The van der Waals surface area contributed by atoms with Gasteiger partial charge in [-0.2, -0.15) is 4.31 Å². The molecule has 0 aliphatic carbocycles. The molecule has 0 saturated carbocycles. The first-order valence-electron chi connectivity index (χ1n) is 11.0. The highest BCUT2D eigenvalue weighted by atomic mass is 32.2. The molecule has 1 fully saturated rings. The predicted molar refractivity (Wildman–Crippen MR) is 127 cm³/mol. The van der Waals surface area contributed by atoms with Crippen molar-refractivity contribution in [3.05, 3.63) is 77.3 Å². The molecule has 3 heterocycles. The van der Waals surface area contributed by atoms with E-state index in [0.717, 1.165) is 0 Å². The van der Waals surface area contributed by atoms with Crippen LogP contribution < -0.4 is 5.32 Å². The van der Waals surface area contributed by atoms with Crippen LogP contribution in [0, 0.1) is 12.3 Å². The summed E-state index contributed by atoms with van der Waals surface area (Å²) in [7, 11) is -3.91. The van der Waals surface area contributed by atoms with E-state index in [1.165, 1.54) is 23.4 Å². The molecule has 1 aromatic carbocycles. The van der Waals surface area contributed by atoms with Crippen molar-refractivity contribution >= 4 is 21.6 Å². The smallest absolute Gasteiger partial charge is 0.276 e. The number of rotatable bonds is 8. The van der Waals surface area contributed by atoms with Gasteiger partial charge in [-0.3, -0.25) is 9.78 Å². The average Bonchev–Trinajstić information content (AvgIpc) is 3.27. The van der Waals surface area contributed by atoms with Crippen LogP contribution in [0.1, 0.15) is 39.7 Å². The van der Waals surface area contributed by atoms with Gasteiger partial charge in [-0.15, -0.1) is 0 Å². The third kappa shape index (κ3) is 5.42. The average molecular weight is 499 g/mol. The Kier molecular flexibility index (Phi) is 7.29. The molecule has 1 aliphatic heterocycles. The highest BCUT2D eigenvalue weighted by Crippen LogP contribution is 2.29. The van der Waals surface area contributed by atoms with Crippen molar-refractivity contribution in [2.75, 3.05) is 26.3 Å². The van der Waals surface area contributed by atoms with Crippen molar-refractivity contribution in [1.82, 2.24) is 14.6 Å². The lowest BCUT2D eigenvalue weighted by Crippen LogP contribution is -2.40. The lowest BCUT2D eigenvalue weighted by Gasteiger charge is -2.24. The lowest BCUT2D eigenvalue weighted by molar-refractivity contribution is 0.0724. The number of aromatic hydroxyl groups is 1. The Morgan fingerprint density at radius 2 is 1.97 bits per heavy atom.